The molecule has 0 saturated heterocycles. The number of benzene rings is 10. The average Bonchev–Trinajstić information content (AvgIpc) is 4.03. The fourth-order valence-electron chi connectivity index (χ4n) is 11.4. The van der Waals surface area contributed by atoms with Crippen LogP contribution in [-0.4, -0.2) is 52.9 Å². The second kappa shape index (κ2) is 15.5. The third-order valence-electron chi connectivity index (χ3n) is 15.2. The molecule has 13 rings (SSSR count). The minimum absolute atomic E-state index is 1.15. The van der Waals surface area contributed by atoms with Crippen molar-refractivity contribution in [3.63, 3.8) is 0 Å². The molecule has 0 aliphatic rings. The van der Waals surface area contributed by atoms with Crippen LogP contribution < -0.4 is 27.3 Å². The largest absolute Gasteiger partial charge is 0.309 e. The van der Waals surface area contributed by atoms with Gasteiger partial charge in [-0.25, -0.2) is 0 Å². The van der Waals surface area contributed by atoms with E-state index in [4.69, 9.17) is 0 Å². The van der Waals surface area contributed by atoms with E-state index >= 15 is 0 Å². The Morgan fingerprint density at radius 3 is 0.882 bits per heavy atom. The van der Waals surface area contributed by atoms with Crippen molar-refractivity contribution in [3.8, 4) is 50.4 Å². The summed E-state index contributed by atoms with van der Waals surface area (Å²) in [7, 11) is 11.3. The molecule has 0 bridgehead atoms. The van der Waals surface area contributed by atoms with Crippen molar-refractivity contribution in [3.05, 3.63) is 206 Å². The number of hydrogen-bond acceptors (Lipinski definition) is 0. The number of rotatable bonds is 6. The van der Waals surface area contributed by atoms with Crippen LogP contribution in [0, 0.1) is 0 Å². The van der Waals surface area contributed by atoms with E-state index in [0.717, 1.165) is 5.69 Å². The van der Waals surface area contributed by atoms with Crippen LogP contribution in [0.2, 0.25) is 0 Å². The Morgan fingerprint density at radius 1 is 0.221 bits per heavy atom. The zero-order chi connectivity index (χ0) is 45.8. The van der Waals surface area contributed by atoms with E-state index in [-0.39, 0.29) is 0 Å². The summed E-state index contributed by atoms with van der Waals surface area (Å²) in [6.45, 7) is 0. The van der Waals surface area contributed by atoms with E-state index in [9.17, 15) is 0 Å². The highest BCUT2D eigenvalue weighted by Crippen LogP contribution is 2.41. The summed E-state index contributed by atoms with van der Waals surface area (Å²) in [5.74, 6) is 0. The topological polar surface area (TPSA) is 14.8 Å². The second-order valence-electron chi connectivity index (χ2n) is 18.7. The summed E-state index contributed by atoms with van der Waals surface area (Å²) < 4.78 is 7.23. The highest BCUT2D eigenvalue weighted by molar-refractivity contribution is 6.68. The first-order valence-electron chi connectivity index (χ1n) is 23.8. The molecule has 0 unspecified atom stereocenters. The van der Waals surface area contributed by atoms with E-state index < -0.39 is 0 Å². The molecule has 0 N–H and O–H groups in total. The molecular formula is C60H44B5N3. The Labute approximate surface area is 400 Å². The molecule has 0 atom stereocenters. The number of hydrogen-bond donors (Lipinski definition) is 0. The Hall–Kier alpha value is -8.08. The van der Waals surface area contributed by atoms with Crippen molar-refractivity contribution in [2.75, 3.05) is 0 Å². The predicted octanol–water partition coefficient (Wildman–Crippen LogP) is 7.27. The molecule has 0 amide bonds. The standard InChI is InChI=1S/C60H44B5N3/c61-56-55(57(62)59(64)60(65)58(56)63)35-19-25-42(26-20-35)68-53-29-23-38(36-21-27-51-45(31-36)43-15-7-9-17-49(43)66(51)40-11-3-1-4-12-40)33-47(53)48-34-39(24-30-54(48)68)37-22-28-52-46(32-37)44-16-8-10-18-50(44)67(52)41-13-5-2-6-14-41/h1-34H,61-65H2. The van der Waals surface area contributed by atoms with Crippen molar-refractivity contribution in [2.45, 2.75) is 0 Å². The maximum Gasteiger partial charge on any atom is 0.139 e. The van der Waals surface area contributed by atoms with Crippen molar-refractivity contribution in [1.29, 1.82) is 0 Å². The molecule has 0 saturated carbocycles. The SMILES string of the molecule is Bc1c(B)c(B)c(-c2ccc(-n3c4ccc(-c5ccc6c(c5)c5ccccc5n6-c5ccccc5)cc4c4cc(-c5ccc6c(c5)c5ccccc5n6-c5ccccc5)ccc43)cc2)c(B)c1B. The lowest BCUT2D eigenvalue weighted by Crippen LogP contribution is -2.55. The summed E-state index contributed by atoms with van der Waals surface area (Å²) in [6, 6.07) is 76.3. The number of para-hydroxylation sites is 4. The summed E-state index contributed by atoms with van der Waals surface area (Å²) in [4.78, 5) is 0. The third-order valence-corrected chi connectivity index (χ3v) is 15.2. The van der Waals surface area contributed by atoms with Gasteiger partial charge in [0.15, 0.2) is 0 Å². The van der Waals surface area contributed by atoms with Gasteiger partial charge in [0.05, 0.1) is 33.1 Å². The first kappa shape index (κ1) is 40.2. The normalized spacial score (nSPS) is 11.8. The Bertz CT molecular complexity index is 3940. The van der Waals surface area contributed by atoms with Gasteiger partial charge in [0.1, 0.15) is 39.2 Å². The van der Waals surface area contributed by atoms with E-state index in [1.807, 2.05) is 0 Å². The van der Waals surface area contributed by atoms with Gasteiger partial charge in [0.2, 0.25) is 0 Å². The molecule has 0 radical (unpaired) electrons. The van der Waals surface area contributed by atoms with Crippen molar-refractivity contribution in [1.82, 2.24) is 13.7 Å². The van der Waals surface area contributed by atoms with Crippen LogP contribution in [0.5, 0.6) is 0 Å². The maximum atomic E-state index is 2.46. The lowest BCUT2D eigenvalue weighted by molar-refractivity contribution is 1.18. The number of fused-ring (bicyclic) bond motifs is 9. The number of nitrogens with zero attached hydrogens (tertiary/aromatic N) is 3. The molecular weight excluding hydrogens is 817 g/mol. The van der Waals surface area contributed by atoms with Gasteiger partial charge in [-0.1, -0.05) is 120 Å². The van der Waals surface area contributed by atoms with E-state index in [0.29, 0.717) is 0 Å². The Morgan fingerprint density at radius 2 is 0.500 bits per heavy atom. The van der Waals surface area contributed by atoms with Gasteiger partial charge in [0, 0.05) is 49.4 Å². The smallest absolute Gasteiger partial charge is 0.139 e. The molecule has 314 valence electrons. The van der Waals surface area contributed by atoms with E-state index in [1.165, 1.54) is 137 Å². The zero-order valence-electron chi connectivity index (χ0n) is 39.0. The Kier molecular flexibility index (Phi) is 9.17. The fourth-order valence-corrected chi connectivity index (χ4v) is 11.4. The van der Waals surface area contributed by atoms with Crippen LogP contribution in [0.25, 0.3) is 116 Å². The minimum Gasteiger partial charge on any atom is -0.309 e. The highest BCUT2D eigenvalue weighted by Gasteiger charge is 2.20. The quantitative estimate of drug-likeness (QED) is 0.157. The van der Waals surface area contributed by atoms with Gasteiger partial charge >= 0.3 is 0 Å². The molecule has 0 spiro atoms. The highest BCUT2D eigenvalue weighted by atomic mass is 15.0. The van der Waals surface area contributed by atoms with Crippen molar-refractivity contribution < 1.29 is 0 Å². The van der Waals surface area contributed by atoms with Crippen LogP contribution in [0.4, 0.5) is 0 Å². The average molecular weight is 861 g/mol. The molecule has 8 heteroatoms. The van der Waals surface area contributed by atoms with Gasteiger partial charge in [-0.15, -0.1) is 16.4 Å². The molecule has 3 heterocycles. The predicted molar refractivity (Wildman–Crippen MR) is 307 cm³/mol. The number of aromatic nitrogens is 3. The molecule has 3 aromatic heterocycles. The van der Waals surface area contributed by atoms with Crippen LogP contribution in [0.3, 0.4) is 0 Å². The summed E-state index contributed by atoms with van der Waals surface area (Å²) in [5, 5.41) is 7.47. The van der Waals surface area contributed by atoms with Gasteiger partial charge in [-0.05, 0) is 130 Å². The third kappa shape index (κ3) is 6.06. The van der Waals surface area contributed by atoms with Crippen molar-refractivity contribution >= 4 is 132 Å². The fraction of sp³-hybridized carbons (Fsp3) is 0. The summed E-state index contributed by atoms with van der Waals surface area (Å²) in [5.41, 5.74) is 25.0. The molecule has 0 aliphatic carbocycles. The molecule has 0 fully saturated rings. The van der Waals surface area contributed by atoms with Gasteiger partial charge in [-0.3, -0.25) is 0 Å². The molecule has 13 aromatic rings. The first-order chi connectivity index (χ1) is 33.3. The molecule has 0 aliphatic heterocycles. The minimum atomic E-state index is 1.15. The monoisotopic (exact) mass is 861 g/mol. The molecule has 3 nitrogen and oxygen atoms in total. The van der Waals surface area contributed by atoms with Crippen molar-refractivity contribution in [2.24, 2.45) is 0 Å². The van der Waals surface area contributed by atoms with Crippen LogP contribution >= 0.6 is 0 Å². The van der Waals surface area contributed by atoms with E-state index in [2.05, 4.69) is 259 Å². The summed E-state index contributed by atoms with van der Waals surface area (Å²) in [6.07, 6.45) is 0. The van der Waals surface area contributed by atoms with Crippen LogP contribution in [0.15, 0.2) is 206 Å². The van der Waals surface area contributed by atoms with Crippen LogP contribution in [-0.2, 0) is 0 Å². The second-order valence-corrected chi connectivity index (χ2v) is 18.7. The van der Waals surface area contributed by atoms with Crippen LogP contribution in [0.1, 0.15) is 0 Å². The van der Waals surface area contributed by atoms with E-state index in [1.54, 1.807) is 0 Å². The maximum absolute atomic E-state index is 2.46. The Balaban J connectivity index is 1.00. The van der Waals surface area contributed by atoms with Gasteiger partial charge in [0.25, 0.3) is 0 Å². The lowest BCUT2D eigenvalue weighted by atomic mass is 9.60. The molecule has 68 heavy (non-hydrogen) atoms. The van der Waals surface area contributed by atoms with Gasteiger partial charge in [-0.2, -0.15) is 0 Å². The van der Waals surface area contributed by atoms with Gasteiger partial charge < -0.3 is 13.7 Å². The lowest BCUT2D eigenvalue weighted by Gasteiger charge is -2.20. The zero-order valence-corrected chi connectivity index (χ0v) is 39.0. The molecule has 10 aromatic carbocycles. The first-order valence-corrected chi connectivity index (χ1v) is 23.8. The summed E-state index contributed by atoms with van der Waals surface area (Å²) >= 11 is 0.